The van der Waals surface area contributed by atoms with E-state index in [9.17, 15) is 0 Å². The third-order valence-electron chi connectivity index (χ3n) is 10.6. The van der Waals surface area contributed by atoms with Crippen molar-refractivity contribution in [2.75, 3.05) is 13.2 Å². The van der Waals surface area contributed by atoms with Gasteiger partial charge in [-0.25, -0.2) is 4.98 Å². The van der Waals surface area contributed by atoms with Gasteiger partial charge in [-0.05, 0) is 104 Å². The van der Waals surface area contributed by atoms with Crippen molar-refractivity contribution >= 4 is 27.3 Å². The maximum Gasteiger partial charge on any atom is 0.123 e. The molecule has 2 unspecified atom stereocenters. The molecule has 2 aromatic carbocycles. The van der Waals surface area contributed by atoms with Crippen LogP contribution in [-0.2, 0) is 12.0 Å². The van der Waals surface area contributed by atoms with Gasteiger partial charge in [0.1, 0.15) is 11.5 Å². The van der Waals surface area contributed by atoms with Crippen molar-refractivity contribution in [2.24, 2.45) is 28.2 Å². The summed E-state index contributed by atoms with van der Waals surface area (Å²) in [6.45, 7) is 14.0. The summed E-state index contributed by atoms with van der Waals surface area (Å²) in [6, 6.07) is 11.3. The standard InChI is InChI=1S/C38H50N2O2S/c1-37(2,3)36-40-32-16-15-29(18-34(32)43-36)41-23-27-12-8-11-26(27)20-38(4,5)35-31-19-30(25-13-14-25)33(17-28(31)21-39-35)42-22-24-9-6-7-10-24/h15-19,24-27H,6-14,20-23H2,1-5H3. The fourth-order valence-electron chi connectivity index (χ4n) is 7.91. The Morgan fingerprint density at radius 3 is 2.40 bits per heavy atom. The second-order valence-electron chi connectivity index (χ2n) is 15.7. The number of hydrogen-bond acceptors (Lipinski definition) is 5. The minimum Gasteiger partial charge on any atom is -0.493 e. The van der Waals surface area contributed by atoms with Crippen molar-refractivity contribution in [1.29, 1.82) is 0 Å². The van der Waals surface area contributed by atoms with Crippen LogP contribution in [0.3, 0.4) is 0 Å². The Hall–Kier alpha value is -2.40. The van der Waals surface area contributed by atoms with E-state index in [-0.39, 0.29) is 10.8 Å². The molecule has 1 aliphatic heterocycles. The summed E-state index contributed by atoms with van der Waals surface area (Å²) in [5.41, 5.74) is 6.73. The normalized spacial score (nSPS) is 22.8. The lowest BCUT2D eigenvalue weighted by Crippen LogP contribution is -2.30. The molecule has 230 valence electrons. The van der Waals surface area contributed by atoms with Gasteiger partial charge in [0.05, 0.1) is 35.0 Å². The maximum absolute atomic E-state index is 6.53. The average molecular weight is 599 g/mol. The smallest absolute Gasteiger partial charge is 0.123 e. The molecule has 3 aromatic rings. The van der Waals surface area contributed by atoms with Crippen LogP contribution in [0.2, 0.25) is 0 Å². The molecule has 0 saturated heterocycles. The Morgan fingerprint density at radius 2 is 1.63 bits per heavy atom. The van der Waals surface area contributed by atoms with Gasteiger partial charge in [0.25, 0.3) is 0 Å². The molecule has 3 aliphatic carbocycles. The number of ether oxygens (including phenoxy) is 2. The number of fused-ring (bicyclic) bond motifs is 2. The second kappa shape index (κ2) is 11.5. The molecule has 0 amide bonds. The molecule has 43 heavy (non-hydrogen) atoms. The van der Waals surface area contributed by atoms with Crippen molar-refractivity contribution in [3.8, 4) is 11.5 Å². The first-order valence-corrected chi connectivity index (χ1v) is 17.8. The van der Waals surface area contributed by atoms with E-state index < -0.39 is 0 Å². The largest absolute Gasteiger partial charge is 0.493 e. The lowest BCUT2D eigenvalue weighted by atomic mass is 9.73. The topological polar surface area (TPSA) is 43.7 Å². The van der Waals surface area contributed by atoms with Gasteiger partial charge in [0, 0.05) is 22.1 Å². The number of aromatic nitrogens is 1. The summed E-state index contributed by atoms with van der Waals surface area (Å²) in [5.74, 6) is 4.81. The minimum atomic E-state index is 0.0381. The molecule has 4 nitrogen and oxygen atoms in total. The number of rotatable bonds is 10. The van der Waals surface area contributed by atoms with Gasteiger partial charge in [-0.3, -0.25) is 4.99 Å². The van der Waals surface area contributed by atoms with Gasteiger partial charge in [-0.1, -0.05) is 60.3 Å². The highest BCUT2D eigenvalue weighted by Crippen LogP contribution is 2.48. The summed E-state index contributed by atoms with van der Waals surface area (Å²) in [6.07, 6.45) is 13.0. The zero-order valence-electron chi connectivity index (χ0n) is 27.0. The highest BCUT2D eigenvalue weighted by Gasteiger charge is 2.39. The Balaban J connectivity index is 1.02. The quantitative estimate of drug-likeness (QED) is 0.233. The number of aliphatic imine (C=N–C) groups is 1. The molecule has 0 spiro atoms. The molecule has 0 radical (unpaired) electrons. The second-order valence-corrected chi connectivity index (χ2v) is 16.7. The van der Waals surface area contributed by atoms with E-state index in [4.69, 9.17) is 19.5 Å². The van der Waals surface area contributed by atoms with Crippen LogP contribution in [0.15, 0.2) is 35.3 Å². The molecule has 0 bridgehead atoms. The lowest BCUT2D eigenvalue weighted by molar-refractivity contribution is 0.191. The monoisotopic (exact) mass is 598 g/mol. The van der Waals surface area contributed by atoms with Crippen molar-refractivity contribution in [2.45, 2.75) is 117 Å². The molecule has 1 aromatic heterocycles. The van der Waals surface area contributed by atoms with E-state index in [0.29, 0.717) is 17.8 Å². The zero-order chi connectivity index (χ0) is 29.8. The van der Waals surface area contributed by atoms with Crippen LogP contribution in [0.4, 0.5) is 0 Å². The lowest BCUT2D eigenvalue weighted by Gasteiger charge is -2.32. The summed E-state index contributed by atoms with van der Waals surface area (Å²) in [7, 11) is 0. The van der Waals surface area contributed by atoms with Gasteiger partial charge < -0.3 is 9.47 Å². The first kappa shape index (κ1) is 29.3. The van der Waals surface area contributed by atoms with Crippen molar-refractivity contribution < 1.29 is 9.47 Å². The Morgan fingerprint density at radius 1 is 0.837 bits per heavy atom. The van der Waals surface area contributed by atoms with Gasteiger partial charge in [-0.15, -0.1) is 11.3 Å². The molecule has 7 rings (SSSR count). The van der Waals surface area contributed by atoms with Crippen LogP contribution < -0.4 is 9.47 Å². The number of benzene rings is 2. The molecule has 2 atom stereocenters. The van der Waals surface area contributed by atoms with Crippen LogP contribution >= 0.6 is 11.3 Å². The molecule has 3 saturated carbocycles. The van der Waals surface area contributed by atoms with Crippen LogP contribution in [0.25, 0.3) is 10.2 Å². The van der Waals surface area contributed by atoms with E-state index >= 15 is 0 Å². The fourth-order valence-corrected chi connectivity index (χ4v) is 8.97. The van der Waals surface area contributed by atoms with Crippen molar-refractivity contribution in [3.05, 3.63) is 52.0 Å². The summed E-state index contributed by atoms with van der Waals surface area (Å²) < 4.78 is 14.2. The Kier molecular flexibility index (Phi) is 7.85. The van der Waals surface area contributed by atoms with Gasteiger partial charge in [-0.2, -0.15) is 0 Å². The third kappa shape index (κ3) is 6.26. The third-order valence-corrected chi connectivity index (χ3v) is 12.0. The Labute approximate surface area is 262 Å². The van der Waals surface area contributed by atoms with Crippen LogP contribution in [-0.4, -0.2) is 23.9 Å². The Bertz CT molecular complexity index is 1500. The van der Waals surface area contributed by atoms with Crippen LogP contribution in [0.1, 0.15) is 126 Å². The molecular formula is C38H50N2O2S. The predicted octanol–water partition coefficient (Wildman–Crippen LogP) is 10.3. The van der Waals surface area contributed by atoms with E-state index in [1.54, 1.807) is 11.3 Å². The minimum absolute atomic E-state index is 0.0381. The predicted molar refractivity (Wildman–Crippen MR) is 179 cm³/mol. The first-order chi connectivity index (χ1) is 20.6. The average Bonchev–Trinajstić information content (AvgIpc) is 3.37. The van der Waals surface area contributed by atoms with Gasteiger partial charge >= 0.3 is 0 Å². The number of thiazole rings is 1. The molecule has 2 heterocycles. The summed E-state index contributed by atoms with van der Waals surface area (Å²) >= 11 is 1.80. The van der Waals surface area contributed by atoms with Crippen LogP contribution in [0.5, 0.6) is 11.5 Å². The van der Waals surface area contributed by atoms with Crippen molar-refractivity contribution in [1.82, 2.24) is 4.98 Å². The number of hydrogen-bond donors (Lipinski definition) is 0. The highest BCUT2D eigenvalue weighted by atomic mass is 32.1. The SMILES string of the molecule is CC(C)(CC1CCCC1COc1ccc2nc(C(C)(C)C)sc2c1)C1=NCc2cc(OCC3CCCC3)c(C3CC3)cc21. The van der Waals surface area contributed by atoms with Gasteiger partial charge in [0.15, 0.2) is 0 Å². The van der Waals surface area contributed by atoms with E-state index in [2.05, 4.69) is 65.0 Å². The van der Waals surface area contributed by atoms with E-state index in [1.165, 1.54) is 96.3 Å². The first-order valence-electron chi connectivity index (χ1n) is 17.0. The zero-order valence-corrected chi connectivity index (χ0v) is 27.8. The molecule has 4 aliphatic rings. The van der Waals surface area contributed by atoms with E-state index in [0.717, 1.165) is 42.7 Å². The fraction of sp³-hybridized carbons (Fsp3) is 0.632. The van der Waals surface area contributed by atoms with E-state index in [1.807, 2.05) is 0 Å². The summed E-state index contributed by atoms with van der Waals surface area (Å²) in [5, 5.41) is 1.19. The van der Waals surface area contributed by atoms with Gasteiger partial charge in [0.2, 0.25) is 0 Å². The molecule has 0 N–H and O–H groups in total. The molecule has 5 heteroatoms. The number of nitrogens with zero attached hydrogens (tertiary/aromatic N) is 2. The summed E-state index contributed by atoms with van der Waals surface area (Å²) in [4.78, 5) is 10.1. The molecule has 3 fully saturated rings. The molecular weight excluding hydrogens is 548 g/mol. The maximum atomic E-state index is 6.53. The van der Waals surface area contributed by atoms with Crippen LogP contribution in [0, 0.1) is 23.2 Å². The highest BCUT2D eigenvalue weighted by molar-refractivity contribution is 7.18. The van der Waals surface area contributed by atoms with Crippen molar-refractivity contribution in [3.63, 3.8) is 0 Å².